The molecule has 2 rings (SSSR count). The third-order valence-corrected chi connectivity index (χ3v) is 3.71. The fraction of sp³-hybridized carbons (Fsp3) is 0.600. The molecule has 2 nitrogen and oxygen atoms in total. The Morgan fingerprint density at radius 3 is 2.59 bits per heavy atom. The van der Waals surface area contributed by atoms with Gasteiger partial charge >= 0.3 is 0 Å². The molecule has 0 heterocycles. The molecule has 2 atom stereocenters. The van der Waals surface area contributed by atoms with Gasteiger partial charge in [-0.3, -0.25) is 0 Å². The number of hydrogen-bond acceptors (Lipinski definition) is 2. The van der Waals surface area contributed by atoms with E-state index >= 15 is 0 Å². The lowest BCUT2D eigenvalue weighted by atomic mass is 9.86. The van der Waals surface area contributed by atoms with Crippen LogP contribution in [0.2, 0.25) is 0 Å². The van der Waals surface area contributed by atoms with Gasteiger partial charge < -0.3 is 10.0 Å². The van der Waals surface area contributed by atoms with Crippen LogP contribution in [-0.2, 0) is 6.54 Å². The predicted molar refractivity (Wildman–Crippen MR) is 70.7 cm³/mol. The van der Waals surface area contributed by atoms with Crippen LogP contribution >= 0.6 is 0 Å². The molecule has 1 aliphatic carbocycles. The molecule has 0 aliphatic heterocycles. The minimum absolute atomic E-state index is 0.0815. The number of aliphatic hydroxyl groups excluding tert-OH is 1. The van der Waals surface area contributed by atoms with Gasteiger partial charge in [-0.15, -0.1) is 0 Å². The maximum atomic E-state index is 9.96. The number of benzene rings is 1. The van der Waals surface area contributed by atoms with E-state index in [1.807, 2.05) is 6.07 Å². The van der Waals surface area contributed by atoms with E-state index in [-0.39, 0.29) is 6.10 Å². The van der Waals surface area contributed by atoms with Crippen LogP contribution in [0.1, 0.15) is 31.2 Å². The molecule has 1 aromatic rings. The van der Waals surface area contributed by atoms with Crippen molar-refractivity contribution in [3.8, 4) is 0 Å². The first kappa shape index (κ1) is 12.6. The number of hydrogen-bond donors (Lipinski definition) is 1. The summed E-state index contributed by atoms with van der Waals surface area (Å²) in [6.07, 6.45) is 4.56. The Morgan fingerprint density at radius 1 is 1.18 bits per heavy atom. The molecular weight excluding hydrogens is 210 g/mol. The van der Waals surface area contributed by atoms with E-state index in [4.69, 9.17) is 0 Å². The molecule has 17 heavy (non-hydrogen) atoms. The smallest absolute Gasteiger partial charge is 0.0580 e. The third-order valence-electron chi connectivity index (χ3n) is 3.71. The molecule has 0 bridgehead atoms. The lowest BCUT2D eigenvalue weighted by Gasteiger charge is -2.31. The minimum atomic E-state index is -0.0815. The van der Waals surface area contributed by atoms with E-state index in [2.05, 4.69) is 36.2 Å². The van der Waals surface area contributed by atoms with Crippen molar-refractivity contribution in [2.24, 2.45) is 5.92 Å². The summed E-state index contributed by atoms with van der Waals surface area (Å²) in [6.45, 7) is 1.99. The van der Waals surface area contributed by atoms with Crippen molar-refractivity contribution in [3.63, 3.8) is 0 Å². The van der Waals surface area contributed by atoms with Crippen LogP contribution in [0.25, 0.3) is 0 Å². The van der Waals surface area contributed by atoms with Crippen molar-refractivity contribution in [1.82, 2.24) is 4.90 Å². The van der Waals surface area contributed by atoms with Gasteiger partial charge in [-0.05, 0) is 31.4 Å². The average Bonchev–Trinajstić information content (AvgIpc) is 2.33. The highest BCUT2D eigenvalue weighted by Gasteiger charge is 2.23. The van der Waals surface area contributed by atoms with Gasteiger partial charge in [-0.25, -0.2) is 0 Å². The molecule has 1 fully saturated rings. The quantitative estimate of drug-likeness (QED) is 0.864. The Balaban J connectivity index is 1.82. The second kappa shape index (κ2) is 6.18. The molecule has 1 saturated carbocycles. The molecule has 0 amide bonds. The maximum Gasteiger partial charge on any atom is 0.0580 e. The van der Waals surface area contributed by atoms with Crippen molar-refractivity contribution in [2.75, 3.05) is 13.6 Å². The molecule has 0 spiro atoms. The van der Waals surface area contributed by atoms with Crippen LogP contribution in [0, 0.1) is 5.92 Å². The fourth-order valence-electron chi connectivity index (χ4n) is 2.76. The van der Waals surface area contributed by atoms with Gasteiger partial charge in [0.25, 0.3) is 0 Å². The van der Waals surface area contributed by atoms with Crippen LogP contribution < -0.4 is 0 Å². The zero-order valence-electron chi connectivity index (χ0n) is 10.7. The molecule has 0 saturated heterocycles. The highest BCUT2D eigenvalue weighted by molar-refractivity contribution is 5.14. The first-order valence-corrected chi connectivity index (χ1v) is 6.66. The van der Waals surface area contributed by atoms with E-state index in [0.29, 0.717) is 5.92 Å². The normalized spacial score (nSPS) is 25.1. The highest BCUT2D eigenvalue weighted by Crippen LogP contribution is 2.25. The Bertz CT molecular complexity index is 325. The van der Waals surface area contributed by atoms with E-state index in [1.165, 1.54) is 24.8 Å². The zero-order chi connectivity index (χ0) is 12.1. The van der Waals surface area contributed by atoms with Crippen molar-refractivity contribution in [2.45, 2.75) is 38.3 Å². The van der Waals surface area contributed by atoms with Crippen LogP contribution in [0.3, 0.4) is 0 Å². The summed E-state index contributed by atoms with van der Waals surface area (Å²) >= 11 is 0. The molecule has 0 unspecified atom stereocenters. The average molecular weight is 233 g/mol. The van der Waals surface area contributed by atoms with Crippen LogP contribution in [0.5, 0.6) is 0 Å². The second-order valence-electron chi connectivity index (χ2n) is 5.29. The van der Waals surface area contributed by atoms with E-state index in [9.17, 15) is 5.11 Å². The summed E-state index contributed by atoms with van der Waals surface area (Å²) < 4.78 is 0. The van der Waals surface area contributed by atoms with E-state index in [0.717, 1.165) is 19.5 Å². The third kappa shape index (κ3) is 3.83. The van der Waals surface area contributed by atoms with Crippen molar-refractivity contribution < 1.29 is 5.11 Å². The second-order valence-corrected chi connectivity index (χ2v) is 5.29. The molecular formula is C15H23NO. The largest absolute Gasteiger partial charge is 0.393 e. The van der Waals surface area contributed by atoms with Crippen molar-refractivity contribution in [1.29, 1.82) is 0 Å². The Labute approximate surface area is 104 Å². The zero-order valence-corrected chi connectivity index (χ0v) is 10.7. The topological polar surface area (TPSA) is 23.5 Å². The number of nitrogens with zero attached hydrogens (tertiary/aromatic N) is 1. The van der Waals surface area contributed by atoms with Gasteiger partial charge in [0.15, 0.2) is 0 Å². The van der Waals surface area contributed by atoms with Gasteiger partial charge in [0.1, 0.15) is 0 Å². The molecule has 0 radical (unpaired) electrons. The minimum Gasteiger partial charge on any atom is -0.393 e. The first-order valence-electron chi connectivity index (χ1n) is 6.66. The molecule has 2 heteroatoms. The standard InChI is InChI=1S/C15H23NO/c1-16(11-13-7-3-2-4-8-13)12-14-9-5-6-10-15(14)17/h2-4,7-8,14-15,17H,5-6,9-12H2,1H3/t14-,15+/m0/s1. The van der Waals surface area contributed by atoms with Gasteiger partial charge in [0.05, 0.1) is 6.10 Å². The number of rotatable bonds is 4. The summed E-state index contributed by atoms with van der Waals surface area (Å²) in [5.41, 5.74) is 1.35. The van der Waals surface area contributed by atoms with Crippen molar-refractivity contribution in [3.05, 3.63) is 35.9 Å². The summed E-state index contributed by atoms with van der Waals surface area (Å²) in [5, 5.41) is 9.96. The summed E-state index contributed by atoms with van der Waals surface area (Å²) in [5.74, 6) is 0.470. The lowest BCUT2D eigenvalue weighted by molar-refractivity contribution is 0.0502. The Morgan fingerprint density at radius 2 is 1.88 bits per heavy atom. The molecule has 1 aromatic carbocycles. The number of aliphatic hydroxyl groups is 1. The molecule has 1 aliphatic rings. The van der Waals surface area contributed by atoms with Gasteiger partial charge in [0, 0.05) is 13.1 Å². The Kier molecular flexibility index (Phi) is 4.57. The van der Waals surface area contributed by atoms with Gasteiger partial charge in [-0.1, -0.05) is 43.2 Å². The van der Waals surface area contributed by atoms with E-state index < -0.39 is 0 Å². The predicted octanol–water partition coefficient (Wildman–Crippen LogP) is 2.67. The van der Waals surface area contributed by atoms with E-state index in [1.54, 1.807) is 0 Å². The summed E-state index contributed by atoms with van der Waals surface area (Å²) in [4.78, 5) is 2.33. The SMILES string of the molecule is CN(Cc1ccccc1)C[C@@H]1CCCC[C@H]1O. The van der Waals surface area contributed by atoms with Gasteiger partial charge in [-0.2, -0.15) is 0 Å². The Hall–Kier alpha value is -0.860. The summed E-state index contributed by atoms with van der Waals surface area (Å²) in [6, 6.07) is 10.5. The maximum absolute atomic E-state index is 9.96. The summed E-state index contributed by atoms with van der Waals surface area (Å²) in [7, 11) is 2.15. The highest BCUT2D eigenvalue weighted by atomic mass is 16.3. The van der Waals surface area contributed by atoms with Crippen molar-refractivity contribution >= 4 is 0 Å². The molecule has 1 N–H and O–H groups in total. The lowest BCUT2D eigenvalue weighted by Crippen LogP contribution is -2.34. The van der Waals surface area contributed by atoms with Gasteiger partial charge in [0.2, 0.25) is 0 Å². The van der Waals surface area contributed by atoms with Crippen LogP contribution in [0.15, 0.2) is 30.3 Å². The van der Waals surface area contributed by atoms with Crippen LogP contribution in [-0.4, -0.2) is 29.7 Å². The fourth-order valence-corrected chi connectivity index (χ4v) is 2.76. The molecule has 94 valence electrons. The molecule has 0 aromatic heterocycles. The monoisotopic (exact) mass is 233 g/mol. The first-order chi connectivity index (χ1) is 8.25. The van der Waals surface area contributed by atoms with Crippen LogP contribution in [0.4, 0.5) is 0 Å².